The first-order chi connectivity index (χ1) is 25.3. The van der Waals surface area contributed by atoms with E-state index in [1.807, 2.05) is 78.1 Å². The Morgan fingerprint density at radius 3 is 1.90 bits per heavy atom. The van der Waals surface area contributed by atoms with Crippen LogP contribution in [-0.4, -0.2) is 15.0 Å². The molecule has 11 aromatic rings. The predicted molar refractivity (Wildman–Crippen MR) is 209 cm³/mol. The zero-order valence-electron chi connectivity index (χ0n) is 27.0. The number of hydrogen-bond acceptors (Lipinski definition) is 6. The van der Waals surface area contributed by atoms with E-state index in [1.165, 1.54) is 25.7 Å². The Balaban J connectivity index is 1.17. The van der Waals surface area contributed by atoms with E-state index in [0.717, 1.165) is 66.1 Å². The van der Waals surface area contributed by atoms with Crippen molar-refractivity contribution in [3.63, 3.8) is 0 Å². The maximum absolute atomic E-state index is 6.74. The second-order valence-corrected chi connectivity index (χ2v) is 13.8. The number of aromatic nitrogens is 3. The van der Waals surface area contributed by atoms with Gasteiger partial charge in [-0.1, -0.05) is 115 Å². The van der Waals surface area contributed by atoms with Crippen molar-refractivity contribution in [3.8, 4) is 45.3 Å². The van der Waals surface area contributed by atoms with Crippen LogP contribution in [0.3, 0.4) is 0 Å². The number of nitrogens with zero attached hydrogens (tertiary/aromatic N) is 3. The van der Waals surface area contributed by atoms with Crippen LogP contribution in [0.2, 0.25) is 0 Å². The summed E-state index contributed by atoms with van der Waals surface area (Å²) in [6, 6.07) is 52.1. The fourth-order valence-electron chi connectivity index (χ4n) is 7.39. The molecule has 0 spiro atoms. The van der Waals surface area contributed by atoms with E-state index in [9.17, 15) is 0 Å². The lowest BCUT2D eigenvalue weighted by molar-refractivity contribution is 0.668. The molecule has 4 heterocycles. The van der Waals surface area contributed by atoms with Crippen molar-refractivity contribution in [3.05, 3.63) is 152 Å². The standard InChI is InChI=1S/C45H25N3O2S/c1-2-11-26(12-3-1)43-46-44(27-21-22-29-28-13-4-7-18-36(28)49-38(29)25-27)48-45(47-43)35-24-23-31(40-34-15-5-8-19-37(34)50-41(35)40)33-17-10-16-32-30-14-6-9-20-39(30)51-42(32)33/h1-25H. The summed E-state index contributed by atoms with van der Waals surface area (Å²) in [5.41, 5.74) is 8.05. The Morgan fingerprint density at radius 1 is 0.392 bits per heavy atom. The molecule has 0 aliphatic rings. The highest BCUT2D eigenvalue weighted by Gasteiger charge is 2.22. The number of fused-ring (bicyclic) bond motifs is 9. The Labute approximate surface area is 295 Å². The van der Waals surface area contributed by atoms with Gasteiger partial charge in [-0.3, -0.25) is 0 Å². The van der Waals surface area contributed by atoms with E-state index in [0.29, 0.717) is 17.5 Å². The van der Waals surface area contributed by atoms with Crippen molar-refractivity contribution in [1.29, 1.82) is 0 Å². The minimum absolute atomic E-state index is 0.541. The SMILES string of the molecule is c1ccc(-c2nc(-c3ccc4c(c3)oc3ccccc34)nc(-c3ccc(-c4cccc5c4sc4ccccc45)c4c3oc3ccccc34)n2)cc1. The maximum Gasteiger partial charge on any atom is 0.167 e. The molecule has 0 bridgehead atoms. The fourth-order valence-corrected chi connectivity index (χ4v) is 8.63. The molecule has 0 amide bonds. The first kappa shape index (κ1) is 28.2. The lowest BCUT2D eigenvalue weighted by Crippen LogP contribution is -2.00. The Kier molecular flexibility index (Phi) is 6.05. The third-order valence-electron chi connectivity index (χ3n) is 9.77. The van der Waals surface area contributed by atoms with Gasteiger partial charge in [0.2, 0.25) is 0 Å². The summed E-state index contributed by atoms with van der Waals surface area (Å²) in [7, 11) is 0. The summed E-state index contributed by atoms with van der Waals surface area (Å²) < 4.78 is 15.5. The summed E-state index contributed by atoms with van der Waals surface area (Å²) >= 11 is 1.83. The van der Waals surface area contributed by atoms with Crippen molar-refractivity contribution in [1.82, 2.24) is 15.0 Å². The molecule has 6 heteroatoms. The van der Waals surface area contributed by atoms with E-state index >= 15 is 0 Å². The van der Waals surface area contributed by atoms with E-state index < -0.39 is 0 Å². The van der Waals surface area contributed by atoms with Crippen molar-refractivity contribution in [2.24, 2.45) is 0 Å². The van der Waals surface area contributed by atoms with Gasteiger partial charge >= 0.3 is 0 Å². The molecule has 0 atom stereocenters. The molecule has 0 N–H and O–H groups in total. The van der Waals surface area contributed by atoms with Crippen LogP contribution in [0.4, 0.5) is 0 Å². The van der Waals surface area contributed by atoms with Gasteiger partial charge in [0.15, 0.2) is 17.5 Å². The molecular weight excluding hydrogens is 647 g/mol. The van der Waals surface area contributed by atoms with E-state index in [1.54, 1.807) is 0 Å². The van der Waals surface area contributed by atoms with Gasteiger partial charge in [-0.15, -0.1) is 11.3 Å². The van der Waals surface area contributed by atoms with Gasteiger partial charge in [0.05, 0.1) is 5.56 Å². The topological polar surface area (TPSA) is 65.0 Å². The second kappa shape index (κ2) is 10.9. The van der Waals surface area contributed by atoms with Gasteiger partial charge in [-0.05, 0) is 42.0 Å². The molecule has 4 aromatic heterocycles. The monoisotopic (exact) mass is 671 g/mol. The molecule has 7 aromatic carbocycles. The molecule has 5 nitrogen and oxygen atoms in total. The first-order valence-corrected chi connectivity index (χ1v) is 17.7. The Bertz CT molecular complexity index is 3160. The van der Waals surface area contributed by atoms with Crippen LogP contribution in [0.1, 0.15) is 0 Å². The summed E-state index contributed by atoms with van der Waals surface area (Å²) in [4.78, 5) is 15.2. The molecule has 0 aliphatic carbocycles. The molecule has 51 heavy (non-hydrogen) atoms. The lowest BCUT2D eigenvalue weighted by atomic mass is 9.95. The minimum Gasteiger partial charge on any atom is -0.456 e. The lowest BCUT2D eigenvalue weighted by Gasteiger charge is -2.11. The Hall–Kier alpha value is -6.63. The number of benzene rings is 7. The molecule has 0 saturated heterocycles. The fraction of sp³-hybridized carbons (Fsp3) is 0. The van der Waals surface area contributed by atoms with Gasteiger partial charge < -0.3 is 8.83 Å². The molecule has 0 saturated carbocycles. The zero-order valence-corrected chi connectivity index (χ0v) is 27.8. The van der Waals surface area contributed by atoms with Crippen LogP contribution in [0, 0.1) is 0 Å². The molecular formula is C45H25N3O2S. The highest BCUT2D eigenvalue weighted by molar-refractivity contribution is 7.26. The number of rotatable bonds is 4. The van der Waals surface area contributed by atoms with Crippen LogP contribution in [0.15, 0.2) is 160 Å². The molecule has 0 fully saturated rings. The number of para-hydroxylation sites is 2. The van der Waals surface area contributed by atoms with Gasteiger partial charge in [0.25, 0.3) is 0 Å². The third-order valence-corrected chi connectivity index (χ3v) is 11.0. The summed E-state index contributed by atoms with van der Waals surface area (Å²) in [5, 5.41) is 6.76. The summed E-state index contributed by atoms with van der Waals surface area (Å²) in [5.74, 6) is 1.69. The van der Waals surface area contributed by atoms with Gasteiger partial charge in [-0.25, -0.2) is 15.0 Å². The van der Waals surface area contributed by atoms with E-state index in [4.69, 9.17) is 23.8 Å². The highest BCUT2D eigenvalue weighted by atomic mass is 32.1. The van der Waals surface area contributed by atoms with Crippen LogP contribution < -0.4 is 0 Å². The zero-order chi connectivity index (χ0) is 33.5. The molecule has 0 radical (unpaired) electrons. The Morgan fingerprint density at radius 2 is 1.04 bits per heavy atom. The van der Waals surface area contributed by atoms with Crippen molar-refractivity contribution >= 4 is 75.4 Å². The van der Waals surface area contributed by atoms with Gasteiger partial charge in [0, 0.05) is 58.4 Å². The maximum atomic E-state index is 6.74. The average Bonchev–Trinajstić information content (AvgIpc) is 3.89. The summed E-state index contributed by atoms with van der Waals surface area (Å²) in [6.07, 6.45) is 0. The number of furan rings is 2. The quantitative estimate of drug-likeness (QED) is 0.186. The van der Waals surface area contributed by atoms with Crippen molar-refractivity contribution in [2.45, 2.75) is 0 Å². The summed E-state index contributed by atoms with van der Waals surface area (Å²) in [6.45, 7) is 0. The third kappa shape index (κ3) is 4.37. The van der Waals surface area contributed by atoms with Crippen molar-refractivity contribution in [2.75, 3.05) is 0 Å². The van der Waals surface area contributed by atoms with Crippen LogP contribution >= 0.6 is 11.3 Å². The van der Waals surface area contributed by atoms with Crippen LogP contribution in [0.25, 0.3) is 109 Å². The molecule has 0 aliphatic heterocycles. The highest BCUT2D eigenvalue weighted by Crippen LogP contribution is 2.46. The van der Waals surface area contributed by atoms with Gasteiger partial charge in [0.1, 0.15) is 22.3 Å². The molecule has 0 unspecified atom stereocenters. The van der Waals surface area contributed by atoms with Gasteiger partial charge in [-0.2, -0.15) is 0 Å². The first-order valence-electron chi connectivity index (χ1n) is 16.9. The average molecular weight is 672 g/mol. The number of hydrogen-bond donors (Lipinski definition) is 0. The van der Waals surface area contributed by atoms with Crippen LogP contribution in [-0.2, 0) is 0 Å². The predicted octanol–water partition coefficient (Wildman–Crippen LogP) is 12.7. The van der Waals surface area contributed by atoms with Crippen LogP contribution in [0.5, 0.6) is 0 Å². The largest absolute Gasteiger partial charge is 0.456 e. The molecule has 238 valence electrons. The van der Waals surface area contributed by atoms with Crippen molar-refractivity contribution < 1.29 is 8.83 Å². The van der Waals surface area contributed by atoms with E-state index in [2.05, 4.69) is 84.9 Å². The second-order valence-electron chi connectivity index (χ2n) is 12.7. The smallest absolute Gasteiger partial charge is 0.167 e. The molecule has 11 rings (SSSR count). The van der Waals surface area contributed by atoms with E-state index in [-0.39, 0.29) is 0 Å². The number of thiophene rings is 1. The minimum atomic E-state index is 0.541. The normalized spacial score (nSPS) is 11.9.